The Balaban J connectivity index is 0. The van der Waals surface area contributed by atoms with Crippen LogP contribution in [-0.4, -0.2) is 47.0 Å². The lowest BCUT2D eigenvalue weighted by molar-refractivity contribution is -0.147. The van der Waals surface area contributed by atoms with Crippen molar-refractivity contribution in [1.29, 1.82) is 0 Å². The van der Waals surface area contributed by atoms with Gasteiger partial charge >= 0.3 is 11.9 Å². The van der Waals surface area contributed by atoms with E-state index in [2.05, 4.69) is 4.74 Å². The van der Waals surface area contributed by atoms with E-state index in [1.165, 1.54) is 0 Å². The van der Waals surface area contributed by atoms with Crippen LogP contribution < -0.4 is 0 Å². The number of Topliss-reactive ketones (excluding diaryl/α,β-unsaturated/α-hetero) is 2. The fraction of sp³-hybridized carbons (Fsp3) is 0.667. The van der Waals surface area contributed by atoms with Crippen molar-refractivity contribution < 1.29 is 29.0 Å². The van der Waals surface area contributed by atoms with Crippen LogP contribution in [0.15, 0.2) is 0 Å². The fourth-order valence-corrected chi connectivity index (χ4v) is 1.33. The van der Waals surface area contributed by atoms with Crippen LogP contribution >= 0.6 is 23.2 Å². The fourth-order valence-electron chi connectivity index (χ4n) is 1.05. The number of carboxylic acid groups (broad SMARTS) is 1. The summed E-state index contributed by atoms with van der Waals surface area (Å²) in [7, 11) is 0. The lowest BCUT2D eigenvalue weighted by atomic mass is 10.0. The topological polar surface area (TPSA) is 97.7 Å². The molecular weight excluding hydrogens is 311 g/mol. The number of ketones is 2. The first kappa shape index (κ1) is 21.2. The van der Waals surface area contributed by atoms with Crippen LogP contribution in [0.25, 0.3) is 0 Å². The van der Waals surface area contributed by atoms with E-state index in [9.17, 15) is 19.2 Å². The zero-order valence-corrected chi connectivity index (χ0v) is 12.9. The highest BCUT2D eigenvalue weighted by molar-refractivity contribution is 6.29. The van der Waals surface area contributed by atoms with Gasteiger partial charge in [-0.15, -0.1) is 23.2 Å². The molecule has 0 saturated carbocycles. The highest BCUT2D eigenvalue weighted by Crippen LogP contribution is 2.04. The summed E-state index contributed by atoms with van der Waals surface area (Å²) < 4.78 is 4.50. The molecule has 116 valence electrons. The maximum Gasteiger partial charge on any atom is 0.314 e. The number of carbonyl (C=O) groups excluding carboxylic acids is 3. The van der Waals surface area contributed by atoms with Crippen LogP contribution in [0.2, 0.25) is 0 Å². The quantitative estimate of drug-likeness (QED) is 0.413. The van der Waals surface area contributed by atoms with Gasteiger partial charge in [-0.3, -0.25) is 19.2 Å². The predicted octanol–water partition coefficient (Wildman–Crippen LogP) is 1.65. The zero-order valence-electron chi connectivity index (χ0n) is 11.4. The molecule has 0 fully saturated rings. The SMILES string of the molecule is CCC(C(=O)O)C(=O)CCl.CCOC(=O)CC(=O)CCl. The summed E-state index contributed by atoms with van der Waals surface area (Å²) in [6.45, 7) is 3.63. The van der Waals surface area contributed by atoms with Gasteiger partial charge in [0, 0.05) is 0 Å². The Morgan fingerprint density at radius 3 is 1.90 bits per heavy atom. The summed E-state index contributed by atoms with van der Waals surface area (Å²) in [5, 5.41) is 8.40. The van der Waals surface area contributed by atoms with Gasteiger partial charge in [0.25, 0.3) is 0 Å². The summed E-state index contributed by atoms with van der Waals surface area (Å²) in [5.74, 6) is -3.58. The Bertz CT molecular complexity index is 341. The number of rotatable bonds is 8. The summed E-state index contributed by atoms with van der Waals surface area (Å²) in [6.07, 6.45) is 0.0955. The summed E-state index contributed by atoms with van der Waals surface area (Å²) in [5.41, 5.74) is 0. The highest BCUT2D eigenvalue weighted by Gasteiger charge is 2.22. The van der Waals surface area contributed by atoms with E-state index in [1.54, 1.807) is 13.8 Å². The largest absolute Gasteiger partial charge is 0.481 e. The van der Waals surface area contributed by atoms with Gasteiger partial charge in [0.1, 0.15) is 12.3 Å². The van der Waals surface area contributed by atoms with Crippen LogP contribution in [0.1, 0.15) is 26.7 Å². The minimum absolute atomic E-state index is 0.126. The van der Waals surface area contributed by atoms with Crippen LogP contribution in [0, 0.1) is 5.92 Å². The van der Waals surface area contributed by atoms with Crippen LogP contribution in [0.4, 0.5) is 0 Å². The van der Waals surface area contributed by atoms with E-state index in [0.29, 0.717) is 13.0 Å². The van der Waals surface area contributed by atoms with Crippen molar-refractivity contribution in [2.45, 2.75) is 26.7 Å². The van der Waals surface area contributed by atoms with E-state index in [4.69, 9.17) is 28.3 Å². The first-order valence-electron chi connectivity index (χ1n) is 5.88. The average Bonchev–Trinajstić information content (AvgIpc) is 2.39. The molecule has 20 heavy (non-hydrogen) atoms. The molecule has 0 aliphatic heterocycles. The lowest BCUT2D eigenvalue weighted by Crippen LogP contribution is -2.23. The number of halogens is 2. The predicted molar refractivity (Wildman–Crippen MR) is 74.1 cm³/mol. The molecular formula is C12H18Cl2O6. The molecule has 0 aliphatic carbocycles. The van der Waals surface area contributed by atoms with Gasteiger partial charge in [0.05, 0.1) is 18.4 Å². The van der Waals surface area contributed by atoms with Crippen molar-refractivity contribution >= 4 is 46.7 Å². The van der Waals surface area contributed by atoms with Gasteiger partial charge in [-0.1, -0.05) is 6.92 Å². The molecule has 1 unspecified atom stereocenters. The molecule has 0 radical (unpaired) electrons. The van der Waals surface area contributed by atoms with Gasteiger partial charge < -0.3 is 9.84 Å². The zero-order chi connectivity index (χ0) is 16.1. The van der Waals surface area contributed by atoms with Gasteiger partial charge in [0.15, 0.2) is 11.6 Å². The van der Waals surface area contributed by atoms with Crippen molar-refractivity contribution in [3.8, 4) is 0 Å². The standard InChI is InChI=1S/2C6H9ClO3/c1-2-10-6(9)3-5(8)4-7;1-2-4(6(9)10)5(8)3-7/h2-4H2,1H3;4H,2-3H2,1H3,(H,9,10). The number of alkyl halides is 2. The maximum absolute atomic E-state index is 10.7. The summed E-state index contributed by atoms with van der Waals surface area (Å²) in [4.78, 5) is 41.9. The third-order valence-corrected chi connectivity index (χ3v) is 2.58. The second kappa shape index (κ2) is 12.9. The Labute approximate surface area is 127 Å². The number of esters is 1. The van der Waals surface area contributed by atoms with Crippen LogP contribution in [0.3, 0.4) is 0 Å². The summed E-state index contributed by atoms with van der Waals surface area (Å²) in [6, 6.07) is 0. The molecule has 0 spiro atoms. The normalized spacial score (nSPS) is 10.8. The Kier molecular flexibility index (Phi) is 13.6. The first-order valence-corrected chi connectivity index (χ1v) is 6.95. The molecule has 0 aromatic heterocycles. The van der Waals surface area contributed by atoms with E-state index in [1.807, 2.05) is 0 Å². The van der Waals surface area contributed by atoms with Gasteiger partial charge in [-0.2, -0.15) is 0 Å². The Morgan fingerprint density at radius 1 is 1.10 bits per heavy atom. The average molecular weight is 329 g/mol. The Hall–Kier alpha value is -1.14. The van der Waals surface area contributed by atoms with E-state index in [0.717, 1.165) is 0 Å². The van der Waals surface area contributed by atoms with Crippen molar-refractivity contribution in [3.05, 3.63) is 0 Å². The molecule has 0 bridgehead atoms. The number of hydrogen-bond acceptors (Lipinski definition) is 5. The second-order valence-corrected chi connectivity index (χ2v) is 4.09. The maximum atomic E-state index is 10.7. The molecule has 0 amide bonds. The molecule has 1 N–H and O–H groups in total. The Morgan fingerprint density at radius 2 is 1.65 bits per heavy atom. The first-order chi connectivity index (χ1) is 9.33. The van der Waals surface area contributed by atoms with Crippen LogP contribution in [0.5, 0.6) is 0 Å². The van der Waals surface area contributed by atoms with Gasteiger partial charge in [0.2, 0.25) is 0 Å². The van der Waals surface area contributed by atoms with E-state index in [-0.39, 0.29) is 24.0 Å². The monoisotopic (exact) mass is 328 g/mol. The number of ether oxygens (including phenoxy) is 1. The molecule has 0 heterocycles. The van der Waals surface area contributed by atoms with Gasteiger partial charge in [-0.05, 0) is 13.3 Å². The molecule has 1 atom stereocenters. The molecule has 0 aromatic rings. The van der Waals surface area contributed by atoms with Crippen molar-refractivity contribution in [2.24, 2.45) is 5.92 Å². The number of carbonyl (C=O) groups is 4. The highest BCUT2D eigenvalue weighted by atomic mass is 35.5. The minimum Gasteiger partial charge on any atom is -0.481 e. The van der Waals surface area contributed by atoms with E-state index >= 15 is 0 Å². The van der Waals surface area contributed by atoms with Crippen molar-refractivity contribution in [1.82, 2.24) is 0 Å². The van der Waals surface area contributed by atoms with Crippen LogP contribution in [-0.2, 0) is 23.9 Å². The number of aliphatic carboxylic acids is 1. The minimum atomic E-state index is -1.09. The molecule has 0 aliphatic rings. The van der Waals surface area contributed by atoms with Crippen molar-refractivity contribution in [3.63, 3.8) is 0 Å². The number of hydrogen-bond donors (Lipinski definition) is 1. The third kappa shape index (κ3) is 10.8. The van der Waals surface area contributed by atoms with Gasteiger partial charge in [-0.25, -0.2) is 0 Å². The molecule has 8 heteroatoms. The molecule has 0 rings (SSSR count). The smallest absolute Gasteiger partial charge is 0.314 e. The molecule has 0 saturated heterocycles. The number of carboxylic acids is 1. The molecule has 0 aromatic carbocycles. The van der Waals surface area contributed by atoms with E-state index < -0.39 is 23.6 Å². The third-order valence-electron chi connectivity index (χ3n) is 2.02. The second-order valence-electron chi connectivity index (χ2n) is 3.55. The molecule has 6 nitrogen and oxygen atoms in total. The lowest BCUT2D eigenvalue weighted by Gasteiger charge is -2.03. The van der Waals surface area contributed by atoms with Crippen molar-refractivity contribution in [2.75, 3.05) is 18.4 Å². The summed E-state index contributed by atoms with van der Waals surface area (Å²) >= 11 is 10.3.